The van der Waals surface area contributed by atoms with Crippen molar-refractivity contribution < 1.29 is 4.74 Å². The normalized spacial score (nSPS) is 20.8. The number of nitrogens with one attached hydrogen (secondary N) is 1. The van der Waals surface area contributed by atoms with Gasteiger partial charge in [0, 0.05) is 19.6 Å². The van der Waals surface area contributed by atoms with Crippen LogP contribution in [0.15, 0.2) is 35.3 Å². The minimum Gasteiger partial charge on any atom is -0.379 e. The van der Waals surface area contributed by atoms with Gasteiger partial charge in [-0.05, 0) is 50.4 Å². The Balaban J connectivity index is 0.00000300. The molecule has 2 aliphatic rings. The average Bonchev–Trinajstić information content (AvgIpc) is 2.74. The second-order valence-electron chi connectivity index (χ2n) is 8.11. The molecule has 0 saturated carbocycles. The number of nitrogens with zero attached hydrogens (tertiary/aromatic N) is 3. The molecule has 3 N–H and O–H groups in total. The number of aliphatic imine (C=N–C) groups is 1. The molecule has 0 radical (unpaired) electrons. The molecule has 0 aliphatic carbocycles. The van der Waals surface area contributed by atoms with E-state index in [2.05, 4.69) is 57.4 Å². The lowest BCUT2D eigenvalue weighted by molar-refractivity contribution is 0.0376. The predicted molar refractivity (Wildman–Crippen MR) is 131 cm³/mol. The van der Waals surface area contributed by atoms with Crippen LogP contribution >= 0.6 is 24.0 Å². The molecule has 6 nitrogen and oxygen atoms in total. The van der Waals surface area contributed by atoms with Crippen molar-refractivity contribution >= 4 is 29.9 Å². The van der Waals surface area contributed by atoms with Crippen LogP contribution in [-0.4, -0.2) is 74.8 Å². The lowest BCUT2D eigenvalue weighted by Crippen LogP contribution is -2.40. The van der Waals surface area contributed by atoms with Crippen molar-refractivity contribution in [2.75, 3.05) is 59.0 Å². The smallest absolute Gasteiger partial charge is 0.188 e. The van der Waals surface area contributed by atoms with Gasteiger partial charge in [0.15, 0.2) is 5.96 Å². The molecular formula is C22H38IN5O. The topological polar surface area (TPSA) is 66.1 Å². The highest BCUT2D eigenvalue weighted by Gasteiger charge is 2.24. The van der Waals surface area contributed by atoms with E-state index < -0.39 is 0 Å². The highest BCUT2D eigenvalue weighted by molar-refractivity contribution is 14.0. The molecular weight excluding hydrogens is 477 g/mol. The van der Waals surface area contributed by atoms with Crippen LogP contribution in [0.25, 0.3) is 0 Å². The number of halogens is 1. The highest BCUT2D eigenvalue weighted by atomic mass is 127. The van der Waals surface area contributed by atoms with E-state index in [4.69, 9.17) is 10.5 Å². The molecule has 0 spiro atoms. The third-order valence-corrected chi connectivity index (χ3v) is 5.94. The maximum Gasteiger partial charge on any atom is 0.188 e. The lowest BCUT2D eigenvalue weighted by atomic mass is 9.96. The van der Waals surface area contributed by atoms with Crippen LogP contribution in [0.3, 0.4) is 0 Å². The van der Waals surface area contributed by atoms with Crippen molar-refractivity contribution in [3.05, 3.63) is 35.9 Å². The Bertz CT molecular complexity index is 586. The molecule has 1 aromatic rings. The molecule has 7 heteroatoms. The van der Waals surface area contributed by atoms with Crippen molar-refractivity contribution in [2.45, 2.75) is 32.2 Å². The summed E-state index contributed by atoms with van der Waals surface area (Å²) in [5, 5.41) is 3.29. The molecule has 1 unspecified atom stereocenters. The molecule has 2 aliphatic heterocycles. The first-order valence-electron chi connectivity index (χ1n) is 10.9. The summed E-state index contributed by atoms with van der Waals surface area (Å²) in [5.41, 5.74) is 7.49. The molecule has 0 bridgehead atoms. The van der Waals surface area contributed by atoms with Gasteiger partial charge in [-0.3, -0.25) is 14.8 Å². The lowest BCUT2D eigenvalue weighted by Gasteiger charge is -2.36. The Morgan fingerprint density at radius 1 is 1.17 bits per heavy atom. The van der Waals surface area contributed by atoms with Crippen LogP contribution in [0.2, 0.25) is 0 Å². The zero-order valence-electron chi connectivity index (χ0n) is 17.8. The molecule has 29 heavy (non-hydrogen) atoms. The molecule has 3 rings (SSSR count). The predicted octanol–water partition coefficient (Wildman–Crippen LogP) is 2.70. The molecule has 2 saturated heterocycles. The summed E-state index contributed by atoms with van der Waals surface area (Å²) in [7, 11) is 0. The Kier molecular flexibility index (Phi) is 11.3. The maximum atomic E-state index is 6.16. The minimum absolute atomic E-state index is 0. The molecule has 1 atom stereocenters. The largest absolute Gasteiger partial charge is 0.379 e. The van der Waals surface area contributed by atoms with E-state index in [0.29, 0.717) is 18.5 Å². The number of likely N-dealkylation sites (tertiary alicyclic amines) is 1. The summed E-state index contributed by atoms with van der Waals surface area (Å²) in [6.45, 7) is 11.1. The van der Waals surface area contributed by atoms with Crippen LogP contribution in [0.1, 0.15) is 37.8 Å². The van der Waals surface area contributed by atoms with E-state index in [0.717, 1.165) is 64.8 Å². The molecule has 164 valence electrons. The highest BCUT2D eigenvalue weighted by Crippen LogP contribution is 2.27. The summed E-state index contributed by atoms with van der Waals surface area (Å²) >= 11 is 0. The van der Waals surface area contributed by atoms with E-state index in [1.165, 1.54) is 18.4 Å². The third kappa shape index (κ3) is 8.39. The van der Waals surface area contributed by atoms with Gasteiger partial charge in [-0.15, -0.1) is 24.0 Å². The van der Waals surface area contributed by atoms with Crippen LogP contribution < -0.4 is 11.1 Å². The number of rotatable bonds is 8. The van der Waals surface area contributed by atoms with Crippen LogP contribution in [0.4, 0.5) is 0 Å². The second-order valence-corrected chi connectivity index (χ2v) is 8.11. The zero-order valence-corrected chi connectivity index (χ0v) is 20.1. The number of benzene rings is 1. The monoisotopic (exact) mass is 515 g/mol. The molecule has 2 heterocycles. The third-order valence-electron chi connectivity index (χ3n) is 5.94. The number of hydrogen-bond acceptors (Lipinski definition) is 4. The van der Waals surface area contributed by atoms with Gasteiger partial charge in [0.05, 0.1) is 25.8 Å². The Morgan fingerprint density at radius 2 is 1.86 bits per heavy atom. The maximum absolute atomic E-state index is 6.16. The first-order chi connectivity index (χ1) is 13.7. The van der Waals surface area contributed by atoms with Gasteiger partial charge in [-0.2, -0.15) is 0 Å². The van der Waals surface area contributed by atoms with Crippen LogP contribution in [-0.2, 0) is 4.74 Å². The fraction of sp³-hybridized carbons (Fsp3) is 0.682. The fourth-order valence-corrected chi connectivity index (χ4v) is 4.03. The summed E-state index contributed by atoms with van der Waals surface area (Å²) in [4.78, 5) is 9.71. The number of guanidine groups is 1. The summed E-state index contributed by atoms with van der Waals surface area (Å²) in [6.07, 6.45) is 3.60. The first-order valence-corrected chi connectivity index (χ1v) is 10.9. The van der Waals surface area contributed by atoms with E-state index in [1.807, 2.05) is 0 Å². The summed E-state index contributed by atoms with van der Waals surface area (Å²) < 4.78 is 5.39. The fourth-order valence-electron chi connectivity index (χ4n) is 4.03. The van der Waals surface area contributed by atoms with Crippen molar-refractivity contribution in [3.8, 4) is 0 Å². The SMILES string of the molecule is CC1CCN(C(CN=C(N)NCCCN2CCOCC2)c2ccccc2)CC1.I. The second kappa shape index (κ2) is 13.4. The van der Waals surface area contributed by atoms with Crippen molar-refractivity contribution in [2.24, 2.45) is 16.6 Å². The summed E-state index contributed by atoms with van der Waals surface area (Å²) in [5.74, 6) is 1.39. The summed E-state index contributed by atoms with van der Waals surface area (Å²) in [6, 6.07) is 11.0. The van der Waals surface area contributed by atoms with E-state index in [-0.39, 0.29) is 24.0 Å². The van der Waals surface area contributed by atoms with Gasteiger partial charge in [0.2, 0.25) is 0 Å². The van der Waals surface area contributed by atoms with Gasteiger partial charge in [0.1, 0.15) is 0 Å². The number of piperidine rings is 1. The quantitative estimate of drug-likeness (QED) is 0.241. The molecule has 0 aromatic heterocycles. The average molecular weight is 515 g/mol. The van der Waals surface area contributed by atoms with Gasteiger partial charge in [-0.1, -0.05) is 37.3 Å². The van der Waals surface area contributed by atoms with Crippen LogP contribution in [0.5, 0.6) is 0 Å². The van der Waals surface area contributed by atoms with Crippen molar-refractivity contribution in [3.63, 3.8) is 0 Å². The molecule has 0 amide bonds. The van der Waals surface area contributed by atoms with Crippen molar-refractivity contribution in [1.82, 2.24) is 15.1 Å². The number of hydrogen-bond donors (Lipinski definition) is 2. The molecule has 1 aromatic carbocycles. The van der Waals surface area contributed by atoms with Crippen LogP contribution in [0, 0.1) is 5.92 Å². The van der Waals surface area contributed by atoms with Gasteiger partial charge < -0.3 is 15.8 Å². The first kappa shape index (κ1) is 24.4. The van der Waals surface area contributed by atoms with Gasteiger partial charge >= 0.3 is 0 Å². The van der Waals surface area contributed by atoms with Gasteiger partial charge in [-0.25, -0.2) is 0 Å². The Hall–Kier alpha value is -0.900. The standard InChI is InChI=1S/C22H37N5O.HI/c1-19-8-12-27(13-9-19)21(20-6-3-2-4-7-20)18-25-22(23)24-10-5-11-26-14-16-28-17-15-26;/h2-4,6-7,19,21H,5,8-18H2,1H3,(H3,23,24,25);1H. The van der Waals surface area contributed by atoms with Crippen molar-refractivity contribution in [1.29, 1.82) is 0 Å². The Morgan fingerprint density at radius 3 is 2.55 bits per heavy atom. The number of morpholine rings is 1. The van der Waals surface area contributed by atoms with E-state index in [1.54, 1.807) is 0 Å². The molecule has 2 fully saturated rings. The zero-order chi connectivity index (χ0) is 19.6. The minimum atomic E-state index is 0. The number of nitrogens with two attached hydrogens (primary N) is 1. The van der Waals surface area contributed by atoms with Gasteiger partial charge in [0.25, 0.3) is 0 Å². The van der Waals surface area contributed by atoms with E-state index in [9.17, 15) is 0 Å². The number of ether oxygens (including phenoxy) is 1. The Labute approximate surface area is 193 Å². The van der Waals surface area contributed by atoms with E-state index >= 15 is 0 Å².